The summed E-state index contributed by atoms with van der Waals surface area (Å²) in [5.41, 5.74) is 4.30. The molecule has 1 aliphatic rings. The number of amides is 1. The van der Waals surface area contributed by atoms with Crippen molar-refractivity contribution in [3.05, 3.63) is 93.9 Å². The summed E-state index contributed by atoms with van der Waals surface area (Å²) < 4.78 is 6.67. The number of fused-ring (bicyclic) bond motifs is 1. The molecule has 5 rings (SSSR count). The number of likely N-dealkylation sites (tertiary alicyclic amines) is 1. The Hall–Kier alpha value is -3.35. The molecule has 1 aromatic heterocycles. The summed E-state index contributed by atoms with van der Waals surface area (Å²) in [5, 5.41) is 0.485. The number of hydrogen-bond acceptors (Lipinski definition) is 4. The molecule has 35 heavy (non-hydrogen) atoms. The van der Waals surface area contributed by atoms with E-state index < -0.39 is 5.76 Å². The molecule has 0 radical (unpaired) electrons. The number of halogens is 1. The summed E-state index contributed by atoms with van der Waals surface area (Å²) in [4.78, 5) is 30.1. The second kappa shape index (κ2) is 10.1. The summed E-state index contributed by atoms with van der Waals surface area (Å²) in [5.74, 6) is -0.724. The lowest BCUT2D eigenvalue weighted by molar-refractivity contribution is -0.133. The van der Waals surface area contributed by atoms with Crippen molar-refractivity contribution in [3.8, 4) is 11.1 Å². The number of likely N-dealkylation sites (N-methyl/N-ethyl adjacent to an activating group) is 1. The molecule has 1 fully saturated rings. The molecule has 4 aromatic rings. The van der Waals surface area contributed by atoms with Gasteiger partial charge in [0, 0.05) is 18.6 Å². The van der Waals surface area contributed by atoms with E-state index >= 15 is 0 Å². The molecule has 6 nitrogen and oxygen atoms in total. The third-order valence-electron chi connectivity index (χ3n) is 6.82. The maximum atomic E-state index is 13.4. The Morgan fingerprint density at radius 3 is 2.40 bits per heavy atom. The van der Waals surface area contributed by atoms with E-state index in [1.165, 1.54) is 17.4 Å². The van der Waals surface area contributed by atoms with Gasteiger partial charge in [-0.2, -0.15) is 0 Å². The maximum Gasteiger partial charge on any atom is 0.420 e. The minimum Gasteiger partial charge on any atom is -0.408 e. The third-order valence-corrected chi connectivity index (χ3v) is 7.05. The summed E-state index contributed by atoms with van der Waals surface area (Å²) in [6.07, 6.45) is 2.35. The molecule has 1 saturated heterocycles. The largest absolute Gasteiger partial charge is 0.420 e. The van der Waals surface area contributed by atoms with Gasteiger partial charge < -0.3 is 14.2 Å². The third kappa shape index (κ3) is 5.04. The molecular formula is C28H28ClN3O3. The van der Waals surface area contributed by atoms with Crippen LogP contribution in [0.5, 0.6) is 0 Å². The zero-order valence-electron chi connectivity index (χ0n) is 19.7. The highest BCUT2D eigenvalue weighted by Crippen LogP contribution is 2.27. The first-order valence-corrected chi connectivity index (χ1v) is 12.3. The first kappa shape index (κ1) is 23.4. The van der Waals surface area contributed by atoms with E-state index in [1.807, 2.05) is 25.2 Å². The van der Waals surface area contributed by atoms with Crippen LogP contribution in [0.4, 0.5) is 0 Å². The number of aromatic nitrogens is 1. The number of nitrogens with zero attached hydrogens (tertiary/aromatic N) is 3. The number of rotatable bonds is 7. The van der Waals surface area contributed by atoms with E-state index in [0.717, 1.165) is 36.3 Å². The van der Waals surface area contributed by atoms with Crippen molar-refractivity contribution in [1.29, 1.82) is 0 Å². The number of hydrogen-bond donors (Lipinski definition) is 0. The molecule has 0 bridgehead atoms. The molecule has 1 amide bonds. The lowest BCUT2D eigenvalue weighted by atomic mass is 9.99. The van der Waals surface area contributed by atoms with Gasteiger partial charge >= 0.3 is 5.76 Å². The van der Waals surface area contributed by atoms with Crippen molar-refractivity contribution in [2.45, 2.75) is 25.4 Å². The van der Waals surface area contributed by atoms with Crippen molar-refractivity contribution in [3.63, 3.8) is 0 Å². The van der Waals surface area contributed by atoms with Gasteiger partial charge in [-0.25, -0.2) is 4.79 Å². The van der Waals surface area contributed by atoms with Crippen LogP contribution < -0.4 is 5.76 Å². The SMILES string of the molecule is CN(C(=O)Cn1c(=O)oc2ccc(Cl)cc21)C(CN1CCCC1)c1ccc(-c2ccccc2)cc1. The summed E-state index contributed by atoms with van der Waals surface area (Å²) in [7, 11) is 1.81. The highest BCUT2D eigenvalue weighted by molar-refractivity contribution is 6.31. The molecule has 0 saturated carbocycles. The first-order chi connectivity index (χ1) is 17.0. The Labute approximate surface area is 209 Å². The van der Waals surface area contributed by atoms with Crippen LogP contribution in [0.1, 0.15) is 24.4 Å². The Bertz CT molecular complexity index is 1370. The fourth-order valence-electron chi connectivity index (χ4n) is 4.80. The predicted octanol–water partition coefficient (Wildman–Crippen LogP) is 5.21. The fraction of sp³-hybridized carbons (Fsp3) is 0.286. The topological polar surface area (TPSA) is 58.7 Å². The predicted molar refractivity (Wildman–Crippen MR) is 139 cm³/mol. The maximum absolute atomic E-state index is 13.4. The van der Waals surface area contributed by atoms with Crippen LogP contribution in [0.15, 0.2) is 82.0 Å². The number of benzene rings is 3. The molecule has 2 heterocycles. The van der Waals surface area contributed by atoms with E-state index in [9.17, 15) is 9.59 Å². The highest BCUT2D eigenvalue weighted by Gasteiger charge is 2.27. The van der Waals surface area contributed by atoms with Gasteiger partial charge in [-0.1, -0.05) is 66.2 Å². The van der Waals surface area contributed by atoms with E-state index in [0.29, 0.717) is 16.1 Å². The molecule has 180 valence electrons. The minimum atomic E-state index is -0.563. The Morgan fingerprint density at radius 1 is 1.00 bits per heavy atom. The molecular weight excluding hydrogens is 462 g/mol. The van der Waals surface area contributed by atoms with Crippen LogP contribution in [-0.4, -0.2) is 47.0 Å². The molecule has 0 N–H and O–H groups in total. The quantitative estimate of drug-likeness (QED) is 0.357. The van der Waals surface area contributed by atoms with E-state index in [-0.39, 0.29) is 18.5 Å². The van der Waals surface area contributed by atoms with Crippen LogP contribution in [-0.2, 0) is 11.3 Å². The van der Waals surface area contributed by atoms with E-state index in [2.05, 4.69) is 41.3 Å². The van der Waals surface area contributed by atoms with Gasteiger partial charge in [0.25, 0.3) is 0 Å². The summed E-state index contributed by atoms with van der Waals surface area (Å²) in [6.45, 7) is 2.71. The van der Waals surface area contributed by atoms with Crippen LogP contribution in [0.2, 0.25) is 5.02 Å². The molecule has 3 aromatic carbocycles. The standard InChI is InChI=1S/C28H28ClN3O3/c1-30(27(33)19-32-24-17-23(29)13-14-26(24)35-28(32)34)25(18-31-15-5-6-16-31)22-11-9-21(10-12-22)20-7-3-2-4-8-20/h2-4,7-14,17,25H,5-6,15-16,18-19H2,1H3. The van der Waals surface area contributed by atoms with Crippen LogP contribution >= 0.6 is 11.6 Å². The number of carbonyl (C=O) groups excluding carboxylic acids is 1. The van der Waals surface area contributed by atoms with Crippen molar-refractivity contribution in [2.75, 3.05) is 26.7 Å². The van der Waals surface area contributed by atoms with Gasteiger partial charge in [0.05, 0.1) is 11.6 Å². The van der Waals surface area contributed by atoms with Crippen LogP contribution in [0, 0.1) is 0 Å². The van der Waals surface area contributed by atoms with Crippen molar-refractivity contribution < 1.29 is 9.21 Å². The van der Waals surface area contributed by atoms with Crippen molar-refractivity contribution in [1.82, 2.24) is 14.4 Å². The Balaban J connectivity index is 1.41. The first-order valence-electron chi connectivity index (χ1n) is 11.9. The molecule has 1 aliphatic heterocycles. The van der Waals surface area contributed by atoms with Gasteiger partial charge in [0.2, 0.25) is 5.91 Å². The van der Waals surface area contributed by atoms with Gasteiger partial charge in [0.15, 0.2) is 5.58 Å². The molecule has 0 spiro atoms. The van der Waals surface area contributed by atoms with Crippen LogP contribution in [0.25, 0.3) is 22.2 Å². The van der Waals surface area contributed by atoms with E-state index in [1.54, 1.807) is 23.1 Å². The number of carbonyl (C=O) groups is 1. The van der Waals surface area contributed by atoms with Crippen molar-refractivity contribution >= 4 is 28.6 Å². The lowest BCUT2D eigenvalue weighted by Crippen LogP contribution is -2.40. The zero-order valence-corrected chi connectivity index (χ0v) is 20.4. The van der Waals surface area contributed by atoms with Gasteiger partial charge in [-0.05, 0) is 60.8 Å². The van der Waals surface area contributed by atoms with Crippen LogP contribution in [0.3, 0.4) is 0 Å². The van der Waals surface area contributed by atoms with Gasteiger partial charge in [-0.3, -0.25) is 9.36 Å². The molecule has 1 atom stereocenters. The Kier molecular flexibility index (Phi) is 6.75. The Morgan fingerprint density at radius 2 is 1.69 bits per heavy atom. The fourth-order valence-corrected chi connectivity index (χ4v) is 4.96. The highest BCUT2D eigenvalue weighted by atomic mass is 35.5. The molecule has 0 aliphatic carbocycles. The average Bonchev–Trinajstić information content (AvgIpc) is 3.50. The summed E-state index contributed by atoms with van der Waals surface area (Å²) >= 11 is 6.12. The smallest absolute Gasteiger partial charge is 0.408 e. The molecule has 1 unspecified atom stereocenters. The normalized spacial score (nSPS) is 14.9. The lowest BCUT2D eigenvalue weighted by Gasteiger charge is -2.32. The summed E-state index contributed by atoms with van der Waals surface area (Å²) in [6, 6.07) is 23.5. The van der Waals surface area contributed by atoms with Crippen molar-refractivity contribution in [2.24, 2.45) is 0 Å². The second-order valence-corrected chi connectivity index (χ2v) is 9.52. The molecule has 7 heteroatoms. The van der Waals surface area contributed by atoms with E-state index in [4.69, 9.17) is 16.0 Å². The monoisotopic (exact) mass is 489 g/mol. The van der Waals surface area contributed by atoms with Gasteiger partial charge in [0.1, 0.15) is 6.54 Å². The number of oxazole rings is 1. The zero-order chi connectivity index (χ0) is 24.4. The minimum absolute atomic E-state index is 0.110. The van der Waals surface area contributed by atoms with Gasteiger partial charge in [-0.15, -0.1) is 0 Å². The second-order valence-electron chi connectivity index (χ2n) is 9.08. The average molecular weight is 490 g/mol.